The molecule has 0 radical (unpaired) electrons. The Morgan fingerprint density at radius 2 is 0.674 bits per heavy atom. The van der Waals surface area contributed by atoms with Crippen LogP contribution in [0.2, 0.25) is 0 Å². The Morgan fingerprint density at radius 3 is 1.04 bits per heavy atom. The zero-order chi connectivity index (χ0) is 30.7. The zero-order valence-electron chi connectivity index (χ0n) is 25.0. The molecule has 8 aromatic rings. The highest BCUT2D eigenvalue weighted by atomic mass is 14.8. The monoisotopic (exact) mass is 588 g/mol. The van der Waals surface area contributed by atoms with E-state index in [0.717, 1.165) is 78.3 Å². The number of benzene rings is 5. The highest BCUT2D eigenvalue weighted by Gasteiger charge is 2.17. The number of nitrogens with zero attached hydrogens (tertiary/aromatic N) is 4. The Balaban J connectivity index is 1.33. The van der Waals surface area contributed by atoms with Gasteiger partial charge in [0, 0.05) is 34.6 Å². The van der Waals surface area contributed by atoms with Crippen molar-refractivity contribution in [2.75, 3.05) is 0 Å². The Bertz CT molecular complexity index is 2090. The molecule has 0 aliphatic heterocycles. The SMILES string of the molecule is c1ccc(-c2cc3nc(-c4ccc(-c5ccccn5)cc4)c(-c4ccc(-c5ccccn5)cc4)nc3cc2-c2ccccc2)cc1. The van der Waals surface area contributed by atoms with Crippen LogP contribution in [0.5, 0.6) is 0 Å². The second-order valence-electron chi connectivity index (χ2n) is 11.1. The van der Waals surface area contributed by atoms with Gasteiger partial charge >= 0.3 is 0 Å². The van der Waals surface area contributed by atoms with Crippen LogP contribution < -0.4 is 0 Å². The van der Waals surface area contributed by atoms with Crippen LogP contribution in [0.4, 0.5) is 0 Å². The molecule has 8 rings (SSSR count). The van der Waals surface area contributed by atoms with Gasteiger partial charge in [0.1, 0.15) is 0 Å². The molecule has 0 aliphatic carbocycles. The van der Waals surface area contributed by atoms with E-state index in [1.807, 2.05) is 60.9 Å². The van der Waals surface area contributed by atoms with Gasteiger partial charge in [0.05, 0.1) is 33.8 Å². The fourth-order valence-electron chi connectivity index (χ4n) is 5.88. The summed E-state index contributed by atoms with van der Waals surface area (Å²) in [5.41, 5.74) is 13.8. The fourth-order valence-corrected chi connectivity index (χ4v) is 5.88. The lowest BCUT2D eigenvalue weighted by Crippen LogP contribution is -1.97. The third kappa shape index (κ3) is 5.33. The first-order chi connectivity index (χ1) is 22.8. The number of fused-ring (bicyclic) bond motifs is 1. The highest BCUT2D eigenvalue weighted by molar-refractivity contribution is 5.96. The number of aromatic nitrogens is 4. The molecule has 0 saturated heterocycles. The normalized spacial score (nSPS) is 11.0. The number of rotatable bonds is 6. The fraction of sp³-hybridized carbons (Fsp3) is 0. The van der Waals surface area contributed by atoms with Crippen molar-refractivity contribution in [3.05, 3.63) is 170 Å². The van der Waals surface area contributed by atoms with Crippen LogP contribution in [0.1, 0.15) is 0 Å². The van der Waals surface area contributed by atoms with Gasteiger partial charge in [-0.15, -0.1) is 0 Å². The van der Waals surface area contributed by atoms with Crippen LogP contribution in [-0.2, 0) is 0 Å². The van der Waals surface area contributed by atoms with Crippen LogP contribution >= 0.6 is 0 Å². The molecule has 0 unspecified atom stereocenters. The molecular formula is C42H28N4. The van der Waals surface area contributed by atoms with E-state index in [4.69, 9.17) is 9.97 Å². The first-order valence-electron chi connectivity index (χ1n) is 15.3. The molecule has 0 N–H and O–H groups in total. The maximum absolute atomic E-state index is 5.34. The Morgan fingerprint density at radius 1 is 0.304 bits per heavy atom. The van der Waals surface area contributed by atoms with Crippen molar-refractivity contribution in [2.24, 2.45) is 0 Å². The molecule has 4 heteroatoms. The van der Waals surface area contributed by atoms with Crippen LogP contribution in [0.25, 0.3) is 78.3 Å². The van der Waals surface area contributed by atoms with Gasteiger partial charge in [-0.1, -0.05) is 121 Å². The van der Waals surface area contributed by atoms with E-state index in [0.29, 0.717) is 0 Å². The number of hydrogen-bond donors (Lipinski definition) is 0. The average molecular weight is 589 g/mol. The standard InChI is InChI=1S/C42H28N4/c1-3-11-29(12-4-1)35-27-39-40(28-36(35)30-13-5-2-6-14-30)46-42(34-23-19-32(20-24-34)38-16-8-10-26-44-38)41(45-39)33-21-17-31(18-22-33)37-15-7-9-25-43-37/h1-28H. The lowest BCUT2D eigenvalue weighted by molar-refractivity contribution is 1.29. The molecule has 0 aliphatic rings. The summed E-state index contributed by atoms with van der Waals surface area (Å²) in [4.78, 5) is 19.7. The van der Waals surface area contributed by atoms with Gasteiger partial charge in [0.25, 0.3) is 0 Å². The highest BCUT2D eigenvalue weighted by Crippen LogP contribution is 2.38. The Hall–Kier alpha value is -6.26. The van der Waals surface area contributed by atoms with E-state index in [1.54, 1.807) is 0 Å². The summed E-state index contributed by atoms with van der Waals surface area (Å²) >= 11 is 0. The van der Waals surface area contributed by atoms with Crippen molar-refractivity contribution in [2.45, 2.75) is 0 Å². The van der Waals surface area contributed by atoms with Crippen molar-refractivity contribution in [3.63, 3.8) is 0 Å². The largest absolute Gasteiger partial charge is 0.256 e. The lowest BCUT2D eigenvalue weighted by Gasteiger charge is -2.15. The molecule has 5 aromatic carbocycles. The molecule has 0 bridgehead atoms. The Kier molecular flexibility index (Phi) is 7.14. The van der Waals surface area contributed by atoms with Crippen molar-refractivity contribution in [3.8, 4) is 67.3 Å². The van der Waals surface area contributed by atoms with Crippen molar-refractivity contribution in [1.82, 2.24) is 19.9 Å². The van der Waals surface area contributed by atoms with E-state index in [-0.39, 0.29) is 0 Å². The molecular weight excluding hydrogens is 560 g/mol. The minimum Gasteiger partial charge on any atom is -0.256 e. The summed E-state index contributed by atoms with van der Waals surface area (Å²) in [5.74, 6) is 0. The first-order valence-corrected chi connectivity index (χ1v) is 15.3. The van der Waals surface area contributed by atoms with E-state index < -0.39 is 0 Å². The summed E-state index contributed by atoms with van der Waals surface area (Å²) in [5, 5.41) is 0. The third-order valence-electron chi connectivity index (χ3n) is 8.21. The minimum absolute atomic E-state index is 0.831. The molecule has 0 saturated carbocycles. The van der Waals surface area contributed by atoms with Crippen molar-refractivity contribution >= 4 is 11.0 Å². The molecule has 0 atom stereocenters. The van der Waals surface area contributed by atoms with Gasteiger partial charge in [-0.05, 0) is 58.7 Å². The zero-order valence-corrected chi connectivity index (χ0v) is 25.0. The van der Waals surface area contributed by atoms with Crippen LogP contribution in [0.15, 0.2) is 170 Å². The van der Waals surface area contributed by atoms with Gasteiger partial charge < -0.3 is 0 Å². The summed E-state index contributed by atoms with van der Waals surface area (Å²) in [6, 6.07) is 54.1. The summed E-state index contributed by atoms with van der Waals surface area (Å²) < 4.78 is 0. The molecule has 0 spiro atoms. The third-order valence-corrected chi connectivity index (χ3v) is 8.21. The van der Waals surface area contributed by atoms with Gasteiger partial charge in [-0.25, -0.2) is 9.97 Å². The average Bonchev–Trinajstić information content (AvgIpc) is 3.15. The molecule has 3 heterocycles. The van der Waals surface area contributed by atoms with E-state index >= 15 is 0 Å². The molecule has 46 heavy (non-hydrogen) atoms. The molecule has 0 fully saturated rings. The molecule has 216 valence electrons. The summed E-state index contributed by atoms with van der Waals surface area (Å²) in [6.45, 7) is 0. The lowest BCUT2D eigenvalue weighted by atomic mass is 9.93. The van der Waals surface area contributed by atoms with Gasteiger partial charge in [0.15, 0.2) is 0 Å². The smallest absolute Gasteiger partial charge is 0.0973 e. The van der Waals surface area contributed by atoms with E-state index in [2.05, 4.69) is 119 Å². The summed E-state index contributed by atoms with van der Waals surface area (Å²) in [7, 11) is 0. The summed E-state index contributed by atoms with van der Waals surface area (Å²) in [6.07, 6.45) is 3.64. The first kappa shape index (κ1) is 27.3. The van der Waals surface area contributed by atoms with Crippen LogP contribution in [0.3, 0.4) is 0 Å². The quantitative estimate of drug-likeness (QED) is 0.194. The van der Waals surface area contributed by atoms with Gasteiger partial charge in [0.2, 0.25) is 0 Å². The number of hydrogen-bond acceptors (Lipinski definition) is 4. The predicted octanol–water partition coefficient (Wildman–Crippen LogP) is 10.4. The maximum Gasteiger partial charge on any atom is 0.0973 e. The van der Waals surface area contributed by atoms with Crippen LogP contribution in [0, 0.1) is 0 Å². The van der Waals surface area contributed by atoms with Crippen molar-refractivity contribution in [1.29, 1.82) is 0 Å². The maximum atomic E-state index is 5.34. The van der Waals surface area contributed by atoms with Gasteiger partial charge in [-0.2, -0.15) is 0 Å². The number of pyridine rings is 2. The Labute approximate surface area is 267 Å². The predicted molar refractivity (Wildman–Crippen MR) is 188 cm³/mol. The van der Waals surface area contributed by atoms with E-state index in [9.17, 15) is 0 Å². The van der Waals surface area contributed by atoms with Crippen LogP contribution in [-0.4, -0.2) is 19.9 Å². The second-order valence-corrected chi connectivity index (χ2v) is 11.1. The van der Waals surface area contributed by atoms with Crippen molar-refractivity contribution < 1.29 is 0 Å². The topological polar surface area (TPSA) is 51.6 Å². The molecule has 4 nitrogen and oxygen atoms in total. The van der Waals surface area contributed by atoms with Gasteiger partial charge in [-0.3, -0.25) is 9.97 Å². The minimum atomic E-state index is 0.831. The molecule has 0 amide bonds. The second kappa shape index (κ2) is 12.0. The van der Waals surface area contributed by atoms with E-state index in [1.165, 1.54) is 0 Å². The molecule has 3 aromatic heterocycles.